The molecule has 0 N–H and O–H groups in total. The van der Waals surface area contributed by atoms with E-state index < -0.39 is 43.3 Å². The van der Waals surface area contributed by atoms with E-state index in [0.717, 1.165) is 17.7 Å². The number of nitro benzene ring substituents is 1. The molecule has 1 spiro atoms. The van der Waals surface area contributed by atoms with Crippen molar-refractivity contribution in [2.24, 2.45) is 27.1 Å². The maximum Gasteiger partial charge on any atom is 0.317 e. The standard InChI is InChI=1S/C44H62N2O7/c1-16-38(5,6)43(14,35(47)51-15)29-39(7,8)42(13,28-37(2,3)4)36(48)52-26-25-40(9,10)45-33-20-18-17-19-32(33)41(11,12)44(45)24-23-30-27-31(46(49)50)21-22-34(30)53-44/h17-27H,16,28-29H2,1-15H3/b26-25+. The van der Waals surface area contributed by atoms with E-state index in [-0.39, 0.29) is 23.0 Å². The number of methoxy groups -OCH3 is 1. The van der Waals surface area contributed by atoms with Gasteiger partial charge in [-0.1, -0.05) is 73.6 Å². The van der Waals surface area contributed by atoms with Crippen LogP contribution >= 0.6 is 0 Å². The monoisotopic (exact) mass is 730 g/mol. The number of para-hydroxylation sites is 1. The molecule has 4 rings (SSSR count). The largest absolute Gasteiger partial charge is 0.469 e. The van der Waals surface area contributed by atoms with Crippen molar-refractivity contribution in [3.63, 3.8) is 0 Å². The molecule has 2 aromatic rings. The maximum atomic E-state index is 14.6. The van der Waals surface area contributed by atoms with Gasteiger partial charge in [0.15, 0.2) is 0 Å². The predicted molar refractivity (Wildman–Crippen MR) is 212 cm³/mol. The Labute approximate surface area is 317 Å². The van der Waals surface area contributed by atoms with E-state index in [2.05, 4.69) is 86.3 Å². The summed E-state index contributed by atoms with van der Waals surface area (Å²) in [6.45, 7) is 29.0. The number of benzene rings is 2. The highest BCUT2D eigenvalue weighted by molar-refractivity contribution is 5.80. The summed E-state index contributed by atoms with van der Waals surface area (Å²) in [6, 6.07) is 12.8. The second-order valence-corrected chi connectivity index (χ2v) is 19.1. The van der Waals surface area contributed by atoms with E-state index in [1.54, 1.807) is 6.07 Å². The van der Waals surface area contributed by atoms with Gasteiger partial charge in [0.25, 0.3) is 5.69 Å². The first-order chi connectivity index (χ1) is 24.2. The molecule has 0 fully saturated rings. The zero-order valence-electron chi connectivity index (χ0n) is 34.7. The summed E-state index contributed by atoms with van der Waals surface area (Å²) in [4.78, 5) is 41.4. The number of hydrogen-bond donors (Lipinski definition) is 0. The molecule has 0 bridgehead atoms. The molecule has 0 amide bonds. The molecule has 2 heterocycles. The first-order valence-corrected chi connectivity index (χ1v) is 18.7. The van der Waals surface area contributed by atoms with Crippen molar-refractivity contribution in [3.8, 4) is 5.75 Å². The predicted octanol–water partition coefficient (Wildman–Crippen LogP) is 10.8. The van der Waals surface area contributed by atoms with Crippen LogP contribution in [0.5, 0.6) is 5.75 Å². The van der Waals surface area contributed by atoms with Gasteiger partial charge in [0.2, 0.25) is 5.72 Å². The van der Waals surface area contributed by atoms with Crippen LogP contribution in [0.25, 0.3) is 6.08 Å². The molecular weight excluding hydrogens is 668 g/mol. The second kappa shape index (κ2) is 13.6. The molecule has 0 aliphatic carbocycles. The normalized spacial score (nSPS) is 20.6. The lowest BCUT2D eigenvalue weighted by Gasteiger charge is -2.52. The smallest absolute Gasteiger partial charge is 0.317 e. The number of anilines is 1. The number of carbonyl (C=O) groups excluding carboxylic acids is 2. The van der Waals surface area contributed by atoms with Crippen LogP contribution < -0.4 is 9.64 Å². The summed E-state index contributed by atoms with van der Waals surface area (Å²) in [5, 5.41) is 11.5. The third-order valence-corrected chi connectivity index (χ3v) is 12.9. The van der Waals surface area contributed by atoms with Crippen LogP contribution in [0.4, 0.5) is 11.4 Å². The number of esters is 2. The highest BCUT2D eigenvalue weighted by Crippen LogP contribution is 2.59. The van der Waals surface area contributed by atoms with Crippen LogP contribution in [0.2, 0.25) is 0 Å². The minimum absolute atomic E-state index is 0.00510. The van der Waals surface area contributed by atoms with Gasteiger partial charge in [-0.3, -0.25) is 19.7 Å². The first-order valence-electron chi connectivity index (χ1n) is 18.7. The molecule has 0 aromatic heterocycles. The van der Waals surface area contributed by atoms with Gasteiger partial charge in [-0.2, -0.15) is 0 Å². The molecular formula is C44H62N2O7. The fraction of sp³-hybridized carbons (Fsp3) is 0.591. The molecule has 3 unspecified atom stereocenters. The molecule has 2 aromatic carbocycles. The molecule has 2 aliphatic rings. The number of hydrogen-bond acceptors (Lipinski definition) is 8. The van der Waals surface area contributed by atoms with Crippen molar-refractivity contribution in [1.82, 2.24) is 0 Å². The van der Waals surface area contributed by atoms with Crippen molar-refractivity contribution in [1.29, 1.82) is 0 Å². The number of nitro groups is 1. The number of carbonyl (C=O) groups is 2. The van der Waals surface area contributed by atoms with Crippen LogP contribution in [-0.2, 0) is 24.5 Å². The van der Waals surface area contributed by atoms with E-state index in [0.29, 0.717) is 24.2 Å². The molecule has 9 heteroatoms. The average molecular weight is 731 g/mol. The third-order valence-electron chi connectivity index (χ3n) is 12.9. The van der Waals surface area contributed by atoms with Gasteiger partial charge < -0.3 is 19.1 Å². The summed E-state index contributed by atoms with van der Waals surface area (Å²) >= 11 is 0. The van der Waals surface area contributed by atoms with Crippen LogP contribution in [0.3, 0.4) is 0 Å². The number of ether oxygens (including phenoxy) is 3. The Balaban J connectivity index is 1.75. The summed E-state index contributed by atoms with van der Waals surface area (Å²) in [7, 11) is 1.43. The lowest BCUT2D eigenvalue weighted by Crippen LogP contribution is -2.65. The Morgan fingerprint density at radius 3 is 2.06 bits per heavy atom. The van der Waals surface area contributed by atoms with Crippen molar-refractivity contribution in [3.05, 3.63) is 82.1 Å². The number of fused-ring (bicyclic) bond motifs is 2. The summed E-state index contributed by atoms with van der Waals surface area (Å²) < 4.78 is 18.5. The fourth-order valence-electron chi connectivity index (χ4n) is 8.72. The number of nitrogens with zero attached hydrogens (tertiary/aromatic N) is 2. The molecule has 0 saturated heterocycles. The van der Waals surface area contributed by atoms with Crippen LogP contribution in [0.1, 0.15) is 127 Å². The van der Waals surface area contributed by atoms with Crippen molar-refractivity contribution in [2.45, 2.75) is 133 Å². The lowest BCUT2D eigenvalue weighted by molar-refractivity contribution is -0.384. The highest BCUT2D eigenvalue weighted by atomic mass is 16.6. The van der Waals surface area contributed by atoms with E-state index >= 15 is 0 Å². The quantitative estimate of drug-likeness (QED) is 0.0919. The van der Waals surface area contributed by atoms with Crippen molar-refractivity contribution >= 4 is 29.4 Å². The van der Waals surface area contributed by atoms with Gasteiger partial charge in [-0.15, -0.1) is 0 Å². The highest BCUT2D eigenvalue weighted by Gasteiger charge is 2.62. The Kier molecular flexibility index (Phi) is 10.7. The Morgan fingerprint density at radius 2 is 1.49 bits per heavy atom. The van der Waals surface area contributed by atoms with E-state index in [1.807, 2.05) is 58.1 Å². The van der Waals surface area contributed by atoms with Crippen LogP contribution in [0, 0.1) is 37.2 Å². The Morgan fingerprint density at radius 1 is 0.887 bits per heavy atom. The van der Waals surface area contributed by atoms with Crippen LogP contribution in [0.15, 0.2) is 60.9 Å². The molecule has 9 nitrogen and oxygen atoms in total. The third kappa shape index (κ3) is 7.01. The fourth-order valence-corrected chi connectivity index (χ4v) is 8.72. The van der Waals surface area contributed by atoms with Crippen molar-refractivity contribution in [2.75, 3.05) is 12.0 Å². The summed E-state index contributed by atoms with van der Waals surface area (Å²) in [5.41, 5.74) is -2.83. The SMILES string of the molecule is CCC(C)(C)C(C)(CC(C)(C)C(C)(CC(C)(C)C)C(=O)O/C=C/C(C)(C)N1c2ccccc2C(C)(C)C12C=Cc1cc([N+](=O)[O-])ccc1O2)C(=O)OC. The van der Waals surface area contributed by atoms with Gasteiger partial charge in [0.05, 0.1) is 40.1 Å². The Hall–Kier alpha value is -4.14. The summed E-state index contributed by atoms with van der Waals surface area (Å²) in [5.74, 6) is -0.110. The van der Waals surface area contributed by atoms with Gasteiger partial charge >= 0.3 is 11.9 Å². The minimum atomic E-state index is -1.02. The Bertz CT molecular complexity index is 1810. The topological polar surface area (TPSA) is 108 Å². The van der Waals surface area contributed by atoms with Gasteiger partial charge in [-0.05, 0) is 113 Å². The first kappa shape index (κ1) is 41.6. The molecule has 0 saturated carbocycles. The van der Waals surface area contributed by atoms with E-state index in [1.165, 1.54) is 25.5 Å². The summed E-state index contributed by atoms with van der Waals surface area (Å²) in [6.07, 6.45) is 8.97. The minimum Gasteiger partial charge on any atom is -0.469 e. The second-order valence-electron chi connectivity index (χ2n) is 19.1. The zero-order chi connectivity index (χ0) is 40.2. The molecule has 3 atom stereocenters. The van der Waals surface area contributed by atoms with E-state index in [9.17, 15) is 19.7 Å². The van der Waals surface area contributed by atoms with Gasteiger partial charge in [0, 0.05) is 23.4 Å². The van der Waals surface area contributed by atoms with Gasteiger partial charge in [0.1, 0.15) is 5.75 Å². The molecule has 290 valence electrons. The van der Waals surface area contributed by atoms with Crippen LogP contribution in [-0.4, -0.2) is 35.2 Å². The molecule has 2 aliphatic heterocycles. The number of non-ortho nitro benzene ring substituents is 1. The zero-order valence-corrected chi connectivity index (χ0v) is 34.7. The average Bonchev–Trinajstić information content (AvgIpc) is 3.25. The maximum absolute atomic E-state index is 14.6. The van der Waals surface area contributed by atoms with Gasteiger partial charge in [-0.25, -0.2) is 0 Å². The van der Waals surface area contributed by atoms with E-state index in [4.69, 9.17) is 14.2 Å². The number of rotatable bonds is 12. The lowest BCUT2D eigenvalue weighted by atomic mass is 9.51. The molecule has 53 heavy (non-hydrogen) atoms. The van der Waals surface area contributed by atoms with Crippen molar-refractivity contribution < 1.29 is 28.7 Å². The molecule has 0 radical (unpaired) electrons.